The first kappa shape index (κ1) is 10.9. The van der Waals surface area contributed by atoms with Crippen LogP contribution in [0, 0.1) is 0 Å². The second-order valence-corrected chi connectivity index (χ2v) is 4.76. The van der Waals surface area contributed by atoms with E-state index in [1.165, 1.54) is 0 Å². The Bertz CT molecular complexity index is 1000. The molecule has 0 fully saturated rings. The number of anilines is 1. The average Bonchev–Trinajstić information content (AvgIpc) is 2.72. The first-order valence-electron chi connectivity index (χ1n) is 6.02. The number of carbonyl (C=O) groups excluding carboxylic acids is 2. The fraction of sp³-hybridized carbons (Fsp3) is 0. The van der Waals surface area contributed by atoms with E-state index in [4.69, 9.17) is 0 Å². The van der Waals surface area contributed by atoms with Crippen LogP contribution in [0.15, 0.2) is 29.1 Å². The number of nitrogens with one attached hydrogen (secondary N) is 1. The van der Waals surface area contributed by atoms with Crippen molar-refractivity contribution in [1.29, 1.82) is 0 Å². The Hall–Kier alpha value is -2.95. The molecule has 0 atom stereocenters. The molecule has 0 bridgehead atoms. The Morgan fingerprint density at radius 3 is 2.55 bits per heavy atom. The number of aromatic amines is 1. The summed E-state index contributed by atoms with van der Waals surface area (Å²) in [5, 5.41) is 3.11. The molecule has 0 radical (unpaired) electrons. The minimum Gasteiger partial charge on any atom is -0.322 e. The van der Waals surface area contributed by atoms with Gasteiger partial charge in [-0.25, -0.2) is 4.90 Å². The van der Waals surface area contributed by atoms with Crippen LogP contribution in [0.4, 0.5) is 5.69 Å². The van der Waals surface area contributed by atoms with Crippen LogP contribution >= 0.6 is 0 Å². The van der Waals surface area contributed by atoms with Gasteiger partial charge in [-0.2, -0.15) is 0 Å². The van der Waals surface area contributed by atoms with Gasteiger partial charge in [-0.3, -0.25) is 14.4 Å². The van der Waals surface area contributed by atoms with Gasteiger partial charge in [0.25, 0.3) is 11.5 Å². The van der Waals surface area contributed by atoms with E-state index in [0.717, 1.165) is 10.3 Å². The molecule has 3 aromatic rings. The summed E-state index contributed by atoms with van der Waals surface area (Å²) in [6, 6.07) is 6.66. The van der Waals surface area contributed by atoms with Gasteiger partial charge in [0.15, 0.2) is 0 Å². The molecule has 1 aliphatic rings. The zero-order chi connectivity index (χ0) is 14.0. The van der Waals surface area contributed by atoms with Gasteiger partial charge in [0.1, 0.15) is 0 Å². The highest BCUT2D eigenvalue weighted by Crippen LogP contribution is 2.39. The first-order chi connectivity index (χ1) is 9.63. The molecule has 20 heavy (non-hydrogen) atoms. The Balaban J connectivity index is 2.40. The lowest BCUT2D eigenvalue weighted by molar-refractivity contribution is -0.106. The Morgan fingerprint density at radius 2 is 1.80 bits per heavy atom. The number of carbonyl (C=O) groups is 2. The summed E-state index contributed by atoms with van der Waals surface area (Å²) in [5.74, 6) is -0.365. The number of nitrogens with zero attached hydrogens (tertiary/aromatic N) is 1. The quantitative estimate of drug-likeness (QED) is 0.665. The molecule has 0 saturated carbocycles. The largest absolute Gasteiger partial charge is 0.322 e. The summed E-state index contributed by atoms with van der Waals surface area (Å²) < 4.78 is 0. The SMILES string of the molecule is C=c1[nH]c(=O)c2ccc3c4c(ccc1c42)C(=O)N3C=O. The van der Waals surface area contributed by atoms with Crippen LogP contribution in [0.25, 0.3) is 28.1 Å². The van der Waals surface area contributed by atoms with Crippen molar-refractivity contribution in [2.45, 2.75) is 0 Å². The number of aromatic nitrogens is 1. The van der Waals surface area contributed by atoms with Crippen LogP contribution in [0.1, 0.15) is 10.4 Å². The maximum atomic E-state index is 12.2. The molecule has 2 heterocycles. The zero-order valence-corrected chi connectivity index (χ0v) is 10.3. The van der Waals surface area contributed by atoms with E-state index >= 15 is 0 Å². The Morgan fingerprint density at radius 1 is 1.05 bits per heavy atom. The lowest BCUT2D eigenvalue weighted by Gasteiger charge is -2.09. The van der Waals surface area contributed by atoms with Gasteiger partial charge in [-0.05, 0) is 18.2 Å². The van der Waals surface area contributed by atoms with Gasteiger partial charge in [-0.1, -0.05) is 12.6 Å². The number of amides is 2. The van der Waals surface area contributed by atoms with Crippen LogP contribution in [-0.4, -0.2) is 17.3 Å². The number of imide groups is 1. The van der Waals surface area contributed by atoms with Crippen molar-refractivity contribution in [3.05, 3.63) is 45.5 Å². The minimum absolute atomic E-state index is 0.247. The number of benzene rings is 2. The normalized spacial score (nSPS) is 13.6. The van der Waals surface area contributed by atoms with Gasteiger partial charge in [-0.15, -0.1) is 0 Å². The summed E-state index contributed by atoms with van der Waals surface area (Å²) in [6.45, 7) is 3.83. The zero-order valence-electron chi connectivity index (χ0n) is 10.3. The van der Waals surface area contributed by atoms with Gasteiger partial charge in [0, 0.05) is 26.9 Å². The second-order valence-electron chi connectivity index (χ2n) is 4.76. The third-order valence-electron chi connectivity index (χ3n) is 3.79. The van der Waals surface area contributed by atoms with E-state index in [-0.39, 0.29) is 11.5 Å². The second kappa shape index (κ2) is 3.33. The minimum atomic E-state index is -0.365. The van der Waals surface area contributed by atoms with Gasteiger partial charge >= 0.3 is 0 Å². The van der Waals surface area contributed by atoms with Crippen molar-refractivity contribution in [3.8, 4) is 0 Å². The van der Waals surface area contributed by atoms with Crippen LogP contribution in [0.2, 0.25) is 0 Å². The van der Waals surface area contributed by atoms with Crippen molar-refractivity contribution >= 4 is 46.1 Å². The molecule has 1 aliphatic heterocycles. The molecule has 0 aliphatic carbocycles. The van der Waals surface area contributed by atoms with Gasteiger partial charge in [0.05, 0.1) is 11.3 Å². The van der Waals surface area contributed by atoms with Crippen LogP contribution in [0.5, 0.6) is 0 Å². The molecule has 96 valence electrons. The van der Waals surface area contributed by atoms with E-state index < -0.39 is 0 Å². The van der Waals surface area contributed by atoms with Crippen molar-refractivity contribution in [1.82, 2.24) is 4.98 Å². The van der Waals surface area contributed by atoms with Crippen LogP contribution < -0.4 is 15.8 Å². The fourth-order valence-electron chi connectivity index (χ4n) is 2.91. The first-order valence-corrected chi connectivity index (χ1v) is 6.02. The topological polar surface area (TPSA) is 70.2 Å². The van der Waals surface area contributed by atoms with Gasteiger partial charge < -0.3 is 4.98 Å². The maximum Gasteiger partial charge on any atom is 0.265 e. The molecule has 1 N–H and O–H groups in total. The molecule has 0 saturated heterocycles. The Labute approximate surface area is 112 Å². The number of hydrogen-bond acceptors (Lipinski definition) is 3. The number of rotatable bonds is 1. The molecule has 1 aromatic heterocycles. The number of pyridine rings is 1. The molecular formula is C15H8N2O3. The molecule has 5 nitrogen and oxygen atoms in total. The maximum absolute atomic E-state index is 12.2. The highest BCUT2D eigenvalue weighted by atomic mass is 16.2. The molecule has 4 rings (SSSR count). The number of H-pyrrole nitrogens is 1. The lowest BCUT2D eigenvalue weighted by Crippen LogP contribution is -2.24. The highest BCUT2D eigenvalue weighted by Gasteiger charge is 2.30. The predicted molar refractivity (Wildman–Crippen MR) is 75.7 cm³/mol. The van der Waals surface area contributed by atoms with Crippen molar-refractivity contribution in [2.75, 3.05) is 4.90 Å². The van der Waals surface area contributed by atoms with E-state index in [0.29, 0.717) is 39.2 Å². The summed E-state index contributed by atoms with van der Waals surface area (Å²) in [7, 11) is 0. The smallest absolute Gasteiger partial charge is 0.265 e. The molecule has 0 spiro atoms. The summed E-state index contributed by atoms with van der Waals surface area (Å²) in [4.78, 5) is 39.1. The Kier molecular flexibility index (Phi) is 1.82. The van der Waals surface area contributed by atoms with Crippen LogP contribution in [-0.2, 0) is 4.79 Å². The lowest BCUT2D eigenvalue weighted by atomic mass is 9.98. The van der Waals surface area contributed by atoms with Crippen molar-refractivity contribution in [3.63, 3.8) is 0 Å². The molecule has 2 amide bonds. The highest BCUT2D eigenvalue weighted by molar-refractivity contribution is 6.34. The third-order valence-corrected chi connectivity index (χ3v) is 3.79. The molecule has 5 heteroatoms. The fourth-order valence-corrected chi connectivity index (χ4v) is 2.91. The number of hydrogen-bond donors (Lipinski definition) is 1. The predicted octanol–water partition coefficient (Wildman–Crippen LogP) is 0.927. The van der Waals surface area contributed by atoms with Gasteiger partial charge in [0.2, 0.25) is 6.41 Å². The molecule has 0 unspecified atom stereocenters. The standard InChI is InChI=1S/C15H8N2O3/c1-7-8-2-3-10-13-11(17(6-18)15(10)20)5-4-9(12(8)13)14(19)16-7/h2-6H,1H2,(H,16,19). The summed E-state index contributed by atoms with van der Waals surface area (Å²) >= 11 is 0. The average molecular weight is 264 g/mol. The molecule has 2 aromatic carbocycles. The van der Waals surface area contributed by atoms with E-state index in [2.05, 4.69) is 11.6 Å². The van der Waals surface area contributed by atoms with Crippen molar-refractivity contribution in [2.24, 2.45) is 0 Å². The third kappa shape index (κ3) is 1.06. The van der Waals surface area contributed by atoms with E-state index in [1.54, 1.807) is 24.3 Å². The van der Waals surface area contributed by atoms with E-state index in [1.807, 2.05) is 0 Å². The van der Waals surface area contributed by atoms with Crippen LogP contribution in [0.3, 0.4) is 0 Å². The van der Waals surface area contributed by atoms with Crippen molar-refractivity contribution < 1.29 is 9.59 Å². The summed E-state index contributed by atoms with van der Waals surface area (Å²) in [5.41, 5.74) is 0.710. The van der Waals surface area contributed by atoms with E-state index in [9.17, 15) is 14.4 Å². The monoisotopic (exact) mass is 264 g/mol. The molecular weight excluding hydrogens is 256 g/mol. The summed E-state index contributed by atoms with van der Waals surface area (Å²) in [6.07, 6.45) is 0.497.